The molecular formula is C26H28ClNO7. The molecule has 0 amide bonds. The molecule has 0 aliphatic rings. The highest BCUT2D eigenvalue weighted by Gasteiger charge is 2.34. The van der Waals surface area contributed by atoms with Crippen molar-refractivity contribution in [3.8, 4) is 11.1 Å². The average Bonchev–Trinajstić information content (AvgIpc) is 3.11. The van der Waals surface area contributed by atoms with Gasteiger partial charge in [-0.25, -0.2) is 4.79 Å². The van der Waals surface area contributed by atoms with Crippen LogP contribution in [-0.4, -0.2) is 17.5 Å². The predicted molar refractivity (Wildman–Crippen MR) is 130 cm³/mol. The smallest absolute Gasteiger partial charge is 0.460 e. The number of carbonyl (C=O) groups is 2. The summed E-state index contributed by atoms with van der Waals surface area (Å²) < 4.78 is 20.3. The summed E-state index contributed by atoms with van der Waals surface area (Å²) >= 11 is 6.09. The van der Waals surface area contributed by atoms with Gasteiger partial charge >= 0.3 is 17.8 Å². The fourth-order valence-corrected chi connectivity index (χ4v) is 3.61. The summed E-state index contributed by atoms with van der Waals surface area (Å²) in [4.78, 5) is 36.7. The molecule has 0 bridgehead atoms. The number of rotatable bonds is 8. The van der Waals surface area contributed by atoms with Crippen LogP contribution in [0.1, 0.15) is 50.3 Å². The lowest BCUT2D eigenvalue weighted by Gasteiger charge is -2.27. The van der Waals surface area contributed by atoms with Gasteiger partial charge in [0.15, 0.2) is 18.1 Å². The van der Waals surface area contributed by atoms with Crippen LogP contribution in [0.25, 0.3) is 11.1 Å². The molecule has 3 rings (SSSR count). The second kappa shape index (κ2) is 10.9. The summed E-state index contributed by atoms with van der Waals surface area (Å²) in [6.45, 7) is 6.40. The number of aryl methyl sites for hydroxylation is 1. The number of ether oxygens (including phenoxy) is 2. The zero-order chi connectivity index (χ0) is 25.8. The summed E-state index contributed by atoms with van der Waals surface area (Å²) in [6, 6.07) is 13.9. The topological polar surface area (TPSA) is 122 Å². The third-order valence-corrected chi connectivity index (χ3v) is 5.42. The monoisotopic (exact) mass is 501 g/mol. The Hall–Kier alpha value is -3.36. The van der Waals surface area contributed by atoms with Crippen LogP contribution in [0.2, 0.25) is 5.02 Å². The highest BCUT2D eigenvalue weighted by atomic mass is 35.5. The van der Waals surface area contributed by atoms with Gasteiger partial charge in [-0.1, -0.05) is 48.0 Å². The maximum atomic E-state index is 13.0. The predicted octanol–water partition coefficient (Wildman–Crippen LogP) is 4.95. The van der Waals surface area contributed by atoms with Crippen LogP contribution in [0.4, 0.5) is 0 Å². The summed E-state index contributed by atoms with van der Waals surface area (Å²) in [5.74, 6) is -2.90. The van der Waals surface area contributed by atoms with E-state index in [2.05, 4.69) is 0 Å². The van der Waals surface area contributed by atoms with E-state index in [1.807, 2.05) is 30.3 Å². The van der Waals surface area contributed by atoms with Crippen LogP contribution in [-0.2, 0) is 25.7 Å². The lowest BCUT2D eigenvalue weighted by atomic mass is 9.90. The van der Waals surface area contributed by atoms with Crippen molar-refractivity contribution in [2.45, 2.75) is 52.4 Å². The number of esters is 2. The molecule has 9 heteroatoms. The van der Waals surface area contributed by atoms with Gasteiger partial charge < -0.3 is 24.0 Å². The van der Waals surface area contributed by atoms with E-state index in [1.54, 1.807) is 39.0 Å². The Morgan fingerprint density at radius 2 is 1.74 bits per heavy atom. The molecule has 2 aromatic carbocycles. The van der Waals surface area contributed by atoms with Crippen LogP contribution in [0.15, 0.2) is 62.2 Å². The molecule has 2 atom stereocenters. The Bertz CT molecular complexity index is 1240. The van der Waals surface area contributed by atoms with Crippen molar-refractivity contribution in [3.05, 3.63) is 81.3 Å². The van der Waals surface area contributed by atoms with Crippen LogP contribution < -0.4 is 11.6 Å². The van der Waals surface area contributed by atoms with Gasteiger partial charge in [-0.2, -0.15) is 0 Å². The van der Waals surface area contributed by atoms with E-state index in [0.717, 1.165) is 11.1 Å². The lowest BCUT2D eigenvalue weighted by Crippen LogP contribution is -2.36. The summed E-state index contributed by atoms with van der Waals surface area (Å²) in [7, 11) is 0. The Kier molecular flexibility index (Phi) is 8.19. The summed E-state index contributed by atoms with van der Waals surface area (Å²) in [5.41, 5.74) is 8.19. The van der Waals surface area contributed by atoms with Gasteiger partial charge in [0.25, 0.3) is 0 Å². The third kappa shape index (κ3) is 7.31. The number of benzene rings is 2. The number of hydrogen-bond acceptors (Lipinski definition) is 8. The summed E-state index contributed by atoms with van der Waals surface area (Å²) in [6.07, 6.45) is -0.326. The van der Waals surface area contributed by atoms with Gasteiger partial charge in [0.05, 0.1) is 12.3 Å². The first-order valence-electron chi connectivity index (χ1n) is 11.0. The van der Waals surface area contributed by atoms with Gasteiger partial charge in [0.1, 0.15) is 5.60 Å². The van der Waals surface area contributed by atoms with Gasteiger partial charge in [-0.3, -0.25) is 9.59 Å². The lowest BCUT2D eigenvalue weighted by molar-refractivity contribution is -0.165. The average molecular weight is 502 g/mol. The fourth-order valence-electron chi connectivity index (χ4n) is 3.42. The number of halogens is 1. The fraction of sp³-hybridized carbons (Fsp3) is 0.346. The third-order valence-electron chi connectivity index (χ3n) is 5.18. The molecule has 186 valence electrons. The van der Waals surface area contributed by atoms with Crippen LogP contribution in [0.3, 0.4) is 0 Å². The molecule has 0 saturated carbocycles. The zero-order valence-electron chi connectivity index (χ0n) is 20.0. The Labute approximate surface area is 208 Å². The van der Waals surface area contributed by atoms with E-state index >= 15 is 0 Å². The second-order valence-electron chi connectivity index (χ2n) is 9.10. The molecule has 8 nitrogen and oxygen atoms in total. The molecule has 2 unspecified atom stereocenters. The summed E-state index contributed by atoms with van der Waals surface area (Å²) in [5, 5.41) is 0.622. The van der Waals surface area contributed by atoms with Crippen molar-refractivity contribution in [3.63, 3.8) is 0 Å². The van der Waals surface area contributed by atoms with Crippen molar-refractivity contribution in [1.29, 1.82) is 0 Å². The van der Waals surface area contributed by atoms with Crippen molar-refractivity contribution < 1.29 is 27.9 Å². The first-order chi connectivity index (χ1) is 16.4. The second-order valence-corrected chi connectivity index (χ2v) is 9.53. The maximum Gasteiger partial charge on any atom is 0.519 e. The highest BCUT2D eigenvalue weighted by molar-refractivity contribution is 6.30. The standard InChI is InChI=1S/C26H28ClNO7/c1-15-21(34-25(31)33-15)14-32-22(29)13-20(24(30)35-26(2,3)4)23(28)17-10-8-16(9-11-17)18-6-5-7-19(27)12-18/h5-12,20,23H,13-14,28H2,1-4H3. The minimum absolute atomic E-state index is 0.0954. The Morgan fingerprint density at radius 3 is 2.31 bits per heavy atom. The molecule has 0 aliphatic heterocycles. The SMILES string of the molecule is Cc1oc(=O)oc1COC(=O)CC(C(=O)OC(C)(C)C)C(N)c1ccc(-c2cccc(Cl)c2)cc1. The molecule has 0 spiro atoms. The van der Waals surface area contributed by atoms with Gasteiger partial charge in [0.2, 0.25) is 0 Å². The van der Waals surface area contributed by atoms with Crippen LogP contribution in [0, 0.1) is 12.8 Å². The molecule has 0 radical (unpaired) electrons. The molecule has 3 aromatic rings. The van der Waals surface area contributed by atoms with E-state index < -0.39 is 35.3 Å². The minimum atomic E-state index is -1.00. The molecule has 2 N–H and O–H groups in total. The molecule has 0 saturated heterocycles. The Morgan fingerprint density at radius 1 is 1.06 bits per heavy atom. The van der Waals surface area contributed by atoms with Gasteiger partial charge in [-0.15, -0.1) is 0 Å². The molecular weight excluding hydrogens is 474 g/mol. The molecule has 1 heterocycles. The highest BCUT2D eigenvalue weighted by Crippen LogP contribution is 2.29. The first kappa shape index (κ1) is 26.2. The van der Waals surface area contributed by atoms with Crippen LogP contribution >= 0.6 is 11.6 Å². The number of nitrogens with two attached hydrogens (primary N) is 1. The van der Waals surface area contributed by atoms with Crippen molar-refractivity contribution >= 4 is 23.5 Å². The largest absolute Gasteiger partial charge is 0.519 e. The molecule has 35 heavy (non-hydrogen) atoms. The van der Waals surface area contributed by atoms with E-state index in [9.17, 15) is 14.4 Å². The van der Waals surface area contributed by atoms with E-state index in [1.165, 1.54) is 6.92 Å². The molecule has 0 aliphatic carbocycles. The van der Waals surface area contributed by atoms with Crippen molar-refractivity contribution in [2.75, 3.05) is 0 Å². The van der Waals surface area contributed by atoms with E-state index in [4.69, 9.17) is 35.6 Å². The first-order valence-corrected chi connectivity index (χ1v) is 11.4. The minimum Gasteiger partial charge on any atom is -0.460 e. The van der Waals surface area contributed by atoms with Crippen LogP contribution in [0.5, 0.6) is 0 Å². The Balaban J connectivity index is 1.77. The quantitative estimate of drug-likeness (QED) is 0.430. The van der Waals surface area contributed by atoms with Crippen molar-refractivity contribution in [2.24, 2.45) is 11.7 Å². The molecule has 1 aromatic heterocycles. The number of hydrogen-bond donors (Lipinski definition) is 1. The van der Waals surface area contributed by atoms with Gasteiger partial charge in [0, 0.05) is 11.1 Å². The van der Waals surface area contributed by atoms with Gasteiger partial charge in [-0.05, 0) is 56.5 Å². The van der Waals surface area contributed by atoms with Crippen molar-refractivity contribution in [1.82, 2.24) is 0 Å². The van der Waals surface area contributed by atoms with E-state index in [0.29, 0.717) is 10.6 Å². The van der Waals surface area contributed by atoms with E-state index in [-0.39, 0.29) is 24.5 Å². The molecule has 0 fully saturated rings. The normalized spacial score (nSPS) is 13.2. The number of carbonyl (C=O) groups excluding carboxylic acids is 2. The maximum absolute atomic E-state index is 13.0. The zero-order valence-corrected chi connectivity index (χ0v) is 20.8.